The highest BCUT2D eigenvalue weighted by Gasteiger charge is 2.67. The fraction of sp³-hybridized carbons (Fsp3) is 0.773. The minimum absolute atomic E-state index is 0.0458. The van der Waals surface area contributed by atoms with Crippen LogP contribution in [0, 0.1) is 35.0 Å². The standard InChI is InChI=1S/C22H28O2/c1-21-8-5-15-14-4-3-13(23)11-16(14)17-12-18(17)20(15)19(21)6-9-22(21)7-2-10-24-22/h2,7,15,17-20H,3-6,8-12H2,1H3/t15?,17?,18?,19?,20?,21-,22-/m0/s1. The SMILES string of the molecule is C[C@]12CCC3C4=C(CC(=O)CC4)C4CC4C3C1CC[C@@]21C=CCO1. The third kappa shape index (κ3) is 1.55. The zero-order chi connectivity index (χ0) is 16.1. The molecule has 3 saturated carbocycles. The fourth-order valence-electron chi connectivity index (χ4n) is 7.91. The lowest BCUT2D eigenvalue weighted by Crippen LogP contribution is -2.51. The lowest BCUT2D eigenvalue weighted by molar-refractivity contribution is -0.119. The minimum Gasteiger partial charge on any atom is -0.366 e. The molecule has 0 aromatic rings. The van der Waals surface area contributed by atoms with Crippen molar-refractivity contribution in [2.24, 2.45) is 35.0 Å². The van der Waals surface area contributed by atoms with Gasteiger partial charge in [0.15, 0.2) is 0 Å². The predicted octanol–water partition coefficient (Wildman–Crippen LogP) is 4.45. The molecule has 0 radical (unpaired) electrons. The first-order valence-electron chi connectivity index (χ1n) is 10.2. The molecule has 0 aromatic heterocycles. The Labute approximate surface area is 144 Å². The summed E-state index contributed by atoms with van der Waals surface area (Å²) in [4.78, 5) is 12.0. The van der Waals surface area contributed by atoms with Gasteiger partial charge in [0.05, 0.1) is 12.2 Å². The number of allylic oxidation sites excluding steroid dienone is 2. The van der Waals surface area contributed by atoms with Crippen LogP contribution < -0.4 is 0 Å². The van der Waals surface area contributed by atoms with Crippen LogP contribution in [0.4, 0.5) is 0 Å². The second-order valence-corrected chi connectivity index (χ2v) is 9.66. The number of Topliss-reactive ketones (excluding diaryl/α,β-unsaturated/α-hetero) is 1. The van der Waals surface area contributed by atoms with Gasteiger partial charge in [-0.2, -0.15) is 0 Å². The van der Waals surface area contributed by atoms with Gasteiger partial charge in [-0.25, -0.2) is 0 Å². The zero-order valence-electron chi connectivity index (χ0n) is 14.7. The lowest BCUT2D eigenvalue weighted by Gasteiger charge is -2.54. The van der Waals surface area contributed by atoms with E-state index in [0.717, 1.165) is 55.5 Å². The summed E-state index contributed by atoms with van der Waals surface area (Å²) in [5.74, 6) is 4.70. The molecule has 6 aliphatic rings. The molecular formula is C22H28O2. The van der Waals surface area contributed by atoms with Crippen LogP contribution in [-0.4, -0.2) is 18.0 Å². The van der Waals surface area contributed by atoms with Crippen LogP contribution in [0.5, 0.6) is 0 Å². The van der Waals surface area contributed by atoms with Crippen LogP contribution in [0.3, 0.4) is 0 Å². The van der Waals surface area contributed by atoms with Crippen LogP contribution in [0.2, 0.25) is 0 Å². The van der Waals surface area contributed by atoms with E-state index in [1.54, 1.807) is 11.1 Å². The van der Waals surface area contributed by atoms with Gasteiger partial charge in [0.2, 0.25) is 0 Å². The summed E-state index contributed by atoms with van der Waals surface area (Å²) in [6.07, 6.45) is 14.0. The summed E-state index contributed by atoms with van der Waals surface area (Å²) in [5.41, 5.74) is 3.76. The van der Waals surface area contributed by atoms with Gasteiger partial charge in [-0.05, 0) is 68.1 Å². The van der Waals surface area contributed by atoms with Gasteiger partial charge in [0.25, 0.3) is 0 Å². The van der Waals surface area contributed by atoms with E-state index in [0.29, 0.717) is 11.2 Å². The van der Waals surface area contributed by atoms with Gasteiger partial charge < -0.3 is 4.74 Å². The fourth-order valence-corrected chi connectivity index (χ4v) is 7.91. The Morgan fingerprint density at radius 1 is 1.12 bits per heavy atom. The number of hydrogen-bond acceptors (Lipinski definition) is 2. The number of fused-ring (bicyclic) bond motifs is 8. The van der Waals surface area contributed by atoms with E-state index >= 15 is 0 Å². The van der Waals surface area contributed by atoms with Gasteiger partial charge >= 0.3 is 0 Å². The molecule has 1 spiro atoms. The van der Waals surface area contributed by atoms with Gasteiger partial charge in [-0.3, -0.25) is 4.79 Å². The van der Waals surface area contributed by atoms with Crippen LogP contribution in [0.1, 0.15) is 58.3 Å². The largest absolute Gasteiger partial charge is 0.366 e. The Bertz CT molecular complexity index is 688. The van der Waals surface area contributed by atoms with Gasteiger partial charge in [-0.1, -0.05) is 30.2 Å². The summed E-state index contributed by atoms with van der Waals surface area (Å²) in [6.45, 7) is 3.36. The number of carbonyl (C=O) groups is 1. The minimum atomic E-state index is 0.0458. The van der Waals surface area contributed by atoms with Crippen molar-refractivity contribution in [3.05, 3.63) is 23.3 Å². The highest BCUT2D eigenvalue weighted by atomic mass is 16.5. The van der Waals surface area contributed by atoms with Crippen molar-refractivity contribution < 1.29 is 9.53 Å². The number of ether oxygens (including phenoxy) is 1. The van der Waals surface area contributed by atoms with Crippen LogP contribution >= 0.6 is 0 Å². The first kappa shape index (κ1) is 14.3. The average molecular weight is 324 g/mol. The third-order valence-corrected chi connectivity index (χ3v) is 9.04. The number of rotatable bonds is 0. The van der Waals surface area contributed by atoms with Crippen molar-refractivity contribution in [3.63, 3.8) is 0 Å². The highest BCUT2D eigenvalue weighted by molar-refractivity contribution is 5.83. The Morgan fingerprint density at radius 3 is 2.88 bits per heavy atom. The molecule has 1 heterocycles. The highest BCUT2D eigenvalue weighted by Crippen LogP contribution is 2.72. The Balaban J connectivity index is 1.40. The molecule has 5 aliphatic carbocycles. The molecule has 6 rings (SSSR count). The molecule has 0 amide bonds. The monoisotopic (exact) mass is 324 g/mol. The summed E-state index contributed by atoms with van der Waals surface area (Å²) < 4.78 is 6.36. The molecular weight excluding hydrogens is 296 g/mol. The van der Waals surface area contributed by atoms with Crippen molar-refractivity contribution in [2.75, 3.05) is 6.61 Å². The molecule has 5 unspecified atom stereocenters. The molecule has 7 atom stereocenters. The Kier molecular flexibility index (Phi) is 2.64. The van der Waals surface area contributed by atoms with Crippen molar-refractivity contribution in [3.8, 4) is 0 Å². The molecule has 24 heavy (non-hydrogen) atoms. The molecule has 1 aliphatic heterocycles. The van der Waals surface area contributed by atoms with Crippen molar-refractivity contribution in [2.45, 2.75) is 63.9 Å². The first-order valence-corrected chi connectivity index (χ1v) is 10.2. The van der Waals surface area contributed by atoms with Crippen LogP contribution in [0.25, 0.3) is 0 Å². The second kappa shape index (κ2) is 4.44. The Hall–Kier alpha value is -0.890. The average Bonchev–Trinajstić information content (AvgIpc) is 3.14. The van der Waals surface area contributed by atoms with E-state index < -0.39 is 0 Å². The van der Waals surface area contributed by atoms with Crippen molar-refractivity contribution in [1.82, 2.24) is 0 Å². The molecule has 2 nitrogen and oxygen atoms in total. The van der Waals surface area contributed by atoms with Crippen LogP contribution in [0.15, 0.2) is 23.3 Å². The molecule has 128 valence electrons. The van der Waals surface area contributed by atoms with E-state index in [1.807, 2.05) is 0 Å². The van der Waals surface area contributed by atoms with Crippen molar-refractivity contribution in [1.29, 1.82) is 0 Å². The molecule has 0 saturated heterocycles. The maximum Gasteiger partial charge on any atom is 0.137 e. The van der Waals surface area contributed by atoms with E-state index in [9.17, 15) is 4.79 Å². The van der Waals surface area contributed by atoms with Gasteiger partial charge in [0, 0.05) is 18.3 Å². The maximum atomic E-state index is 12.0. The van der Waals surface area contributed by atoms with E-state index in [2.05, 4.69) is 19.1 Å². The third-order valence-electron chi connectivity index (χ3n) is 9.04. The normalized spacial score (nSPS) is 54.5. The van der Waals surface area contributed by atoms with E-state index in [-0.39, 0.29) is 5.60 Å². The van der Waals surface area contributed by atoms with Gasteiger partial charge in [0.1, 0.15) is 5.78 Å². The predicted molar refractivity (Wildman–Crippen MR) is 92.3 cm³/mol. The smallest absolute Gasteiger partial charge is 0.137 e. The van der Waals surface area contributed by atoms with E-state index in [4.69, 9.17) is 4.74 Å². The first-order chi connectivity index (χ1) is 11.6. The van der Waals surface area contributed by atoms with E-state index in [1.165, 1.54) is 32.1 Å². The summed E-state index contributed by atoms with van der Waals surface area (Å²) in [6, 6.07) is 0. The molecule has 0 bridgehead atoms. The molecule has 3 fully saturated rings. The maximum absolute atomic E-state index is 12.0. The number of ketones is 1. The number of hydrogen-bond donors (Lipinski definition) is 0. The van der Waals surface area contributed by atoms with Crippen molar-refractivity contribution >= 4 is 5.78 Å². The summed E-state index contributed by atoms with van der Waals surface area (Å²) >= 11 is 0. The molecule has 0 N–H and O–H groups in total. The molecule has 0 aromatic carbocycles. The lowest BCUT2D eigenvalue weighted by atomic mass is 9.52. The second-order valence-electron chi connectivity index (χ2n) is 9.66. The Morgan fingerprint density at radius 2 is 2.04 bits per heavy atom. The number of carbonyl (C=O) groups excluding carboxylic acids is 1. The quantitative estimate of drug-likeness (QED) is 0.615. The topological polar surface area (TPSA) is 26.3 Å². The van der Waals surface area contributed by atoms with Crippen LogP contribution in [-0.2, 0) is 9.53 Å². The summed E-state index contributed by atoms with van der Waals surface area (Å²) in [5, 5.41) is 0. The van der Waals surface area contributed by atoms with Gasteiger partial charge in [-0.15, -0.1) is 0 Å². The summed E-state index contributed by atoms with van der Waals surface area (Å²) in [7, 11) is 0. The zero-order valence-corrected chi connectivity index (χ0v) is 14.7. The molecule has 2 heteroatoms.